The number of fused-ring (bicyclic) bond motifs is 3. The third-order valence-corrected chi connectivity index (χ3v) is 5.69. The Morgan fingerprint density at radius 1 is 1.17 bits per heavy atom. The molecule has 2 aliphatic rings. The first-order valence-electron chi connectivity index (χ1n) is 10.3. The third kappa shape index (κ3) is 3.46. The number of aryl methyl sites for hydroxylation is 2. The Labute approximate surface area is 175 Å². The number of aliphatic hydroxyl groups excluding tert-OH is 1. The SMILES string of the molecule is CCOC(=O)CON1c2cc(-n3c(C)ccc3C)c3c(c2NC(=O)C1O)CCCC3. The van der Waals surface area contributed by atoms with Crippen LogP contribution in [0.25, 0.3) is 5.69 Å². The number of carbonyl (C=O) groups excluding carboxylic acids is 2. The molecule has 8 heteroatoms. The van der Waals surface area contributed by atoms with E-state index in [0.717, 1.165) is 53.4 Å². The van der Waals surface area contributed by atoms with E-state index in [1.165, 1.54) is 5.56 Å². The molecule has 1 atom stereocenters. The molecule has 4 rings (SSSR count). The average molecular weight is 413 g/mol. The van der Waals surface area contributed by atoms with Crippen molar-refractivity contribution in [2.45, 2.75) is 52.7 Å². The monoisotopic (exact) mass is 413 g/mol. The van der Waals surface area contributed by atoms with Crippen LogP contribution in [0.5, 0.6) is 0 Å². The van der Waals surface area contributed by atoms with Crippen molar-refractivity contribution in [3.63, 3.8) is 0 Å². The van der Waals surface area contributed by atoms with Gasteiger partial charge in [-0.15, -0.1) is 0 Å². The van der Waals surface area contributed by atoms with E-state index >= 15 is 0 Å². The quantitative estimate of drug-likeness (QED) is 0.732. The Hall–Kier alpha value is -2.84. The fraction of sp³-hybridized carbons (Fsp3) is 0.455. The second-order valence-corrected chi connectivity index (χ2v) is 7.67. The molecule has 1 aliphatic carbocycles. The number of carbonyl (C=O) groups is 2. The Morgan fingerprint density at radius 3 is 2.50 bits per heavy atom. The summed E-state index contributed by atoms with van der Waals surface area (Å²) in [6.07, 6.45) is 2.28. The lowest BCUT2D eigenvalue weighted by atomic mass is 9.87. The highest BCUT2D eigenvalue weighted by Gasteiger charge is 2.36. The van der Waals surface area contributed by atoms with Crippen LogP contribution in [0.4, 0.5) is 11.4 Å². The van der Waals surface area contributed by atoms with Gasteiger partial charge in [-0.3, -0.25) is 9.63 Å². The van der Waals surface area contributed by atoms with Gasteiger partial charge in [0.25, 0.3) is 5.91 Å². The van der Waals surface area contributed by atoms with Crippen LogP contribution in [0.1, 0.15) is 42.3 Å². The topological polar surface area (TPSA) is 93.0 Å². The largest absolute Gasteiger partial charge is 0.464 e. The average Bonchev–Trinajstić information content (AvgIpc) is 3.06. The molecule has 2 heterocycles. The van der Waals surface area contributed by atoms with Crippen molar-refractivity contribution in [2.24, 2.45) is 0 Å². The third-order valence-electron chi connectivity index (χ3n) is 5.69. The van der Waals surface area contributed by atoms with Gasteiger partial charge >= 0.3 is 5.97 Å². The highest BCUT2D eigenvalue weighted by molar-refractivity contribution is 6.04. The van der Waals surface area contributed by atoms with Crippen LogP contribution in [0.15, 0.2) is 18.2 Å². The molecule has 8 nitrogen and oxygen atoms in total. The van der Waals surface area contributed by atoms with Gasteiger partial charge in [0.05, 0.1) is 23.7 Å². The minimum absolute atomic E-state index is 0.228. The normalized spacial score (nSPS) is 17.9. The maximum Gasteiger partial charge on any atom is 0.334 e. The molecule has 30 heavy (non-hydrogen) atoms. The van der Waals surface area contributed by atoms with Crippen LogP contribution in [-0.4, -0.2) is 41.0 Å². The first kappa shape index (κ1) is 20.4. The van der Waals surface area contributed by atoms with Crippen LogP contribution >= 0.6 is 0 Å². The van der Waals surface area contributed by atoms with E-state index in [1.807, 2.05) is 19.9 Å². The molecule has 1 aromatic heterocycles. The van der Waals surface area contributed by atoms with Crippen LogP contribution in [-0.2, 0) is 32.0 Å². The first-order chi connectivity index (χ1) is 14.4. The van der Waals surface area contributed by atoms with Crippen molar-refractivity contribution in [1.29, 1.82) is 0 Å². The van der Waals surface area contributed by atoms with Gasteiger partial charge in [0.15, 0.2) is 6.61 Å². The van der Waals surface area contributed by atoms with Crippen molar-refractivity contribution in [3.05, 3.63) is 40.7 Å². The van der Waals surface area contributed by atoms with Crippen molar-refractivity contribution < 1.29 is 24.3 Å². The summed E-state index contributed by atoms with van der Waals surface area (Å²) in [4.78, 5) is 29.8. The molecule has 1 amide bonds. The van der Waals surface area contributed by atoms with Crippen LogP contribution in [0.2, 0.25) is 0 Å². The Balaban J connectivity index is 1.85. The summed E-state index contributed by atoms with van der Waals surface area (Å²) < 4.78 is 7.09. The van der Waals surface area contributed by atoms with Crippen LogP contribution in [0.3, 0.4) is 0 Å². The second kappa shape index (κ2) is 8.12. The van der Waals surface area contributed by atoms with Crippen molar-refractivity contribution in [1.82, 2.24) is 4.57 Å². The van der Waals surface area contributed by atoms with Gasteiger partial charge in [0, 0.05) is 11.4 Å². The molecular weight excluding hydrogens is 386 g/mol. The van der Waals surface area contributed by atoms with Gasteiger partial charge in [0.1, 0.15) is 0 Å². The Kier molecular flexibility index (Phi) is 5.53. The minimum Gasteiger partial charge on any atom is -0.464 e. The van der Waals surface area contributed by atoms with Gasteiger partial charge < -0.3 is 19.7 Å². The smallest absolute Gasteiger partial charge is 0.334 e. The predicted octanol–water partition coefficient (Wildman–Crippen LogP) is 2.54. The van der Waals surface area contributed by atoms with E-state index in [1.54, 1.807) is 6.92 Å². The van der Waals surface area contributed by atoms with Crippen molar-refractivity contribution >= 4 is 23.3 Å². The lowest BCUT2D eigenvalue weighted by Gasteiger charge is -2.37. The number of hydrogen-bond donors (Lipinski definition) is 2. The fourth-order valence-corrected chi connectivity index (χ4v) is 4.36. The van der Waals surface area contributed by atoms with E-state index in [0.29, 0.717) is 11.4 Å². The van der Waals surface area contributed by atoms with Gasteiger partial charge in [-0.05, 0) is 75.8 Å². The standard InChI is InChI=1S/C22H27N3O5/c1-4-29-19(26)12-30-25-18-11-17(24-13(2)9-10-14(24)3)15-7-5-6-8-16(15)20(18)23-21(27)22(25)28/h9-11,22,28H,4-8,12H2,1-3H3,(H,23,27). The molecule has 1 aliphatic heterocycles. The zero-order chi connectivity index (χ0) is 21.4. The summed E-state index contributed by atoms with van der Waals surface area (Å²) in [6, 6.07) is 6.05. The highest BCUT2D eigenvalue weighted by Crippen LogP contribution is 2.43. The summed E-state index contributed by atoms with van der Waals surface area (Å²) in [6.45, 7) is 5.63. The van der Waals surface area contributed by atoms with Gasteiger partial charge in [-0.2, -0.15) is 0 Å². The number of anilines is 2. The van der Waals surface area contributed by atoms with E-state index in [-0.39, 0.29) is 6.61 Å². The zero-order valence-corrected chi connectivity index (χ0v) is 17.5. The zero-order valence-electron chi connectivity index (χ0n) is 17.5. The number of benzene rings is 1. The Morgan fingerprint density at radius 2 is 1.83 bits per heavy atom. The van der Waals surface area contributed by atoms with Gasteiger partial charge in [-0.1, -0.05) is 0 Å². The number of amides is 1. The summed E-state index contributed by atoms with van der Waals surface area (Å²) in [5.74, 6) is -1.15. The molecule has 0 fully saturated rings. The molecule has 0 saturated carbocycles. The second-order valence-electron chi connectivity index (χ2n) is 7.67. The summed E-state index contributed by atoms with van der Waals surface area (Å²) in [5.41, 5.74) is 6.65. The number of aliphatic hydroxyl groups is 1. The molecular formula is C22H27N3O5. The first-order valence-corrected chi connectivity index (χ1v) is 10.3. The van der Waals surface area contributed by atoms with E-state index in [2.05, 4.69) is 22.0 Å². The van der Waals surface area contributed by atoms with Crippen molar-refractivity contribution in [3.8, 4) is 5.69 Å². The van der Waals surface area contributed by atoms with E-state index < -0.39 is 24.7 Å². The molecule has 160 valence electrons. The number of aromatic nitrogens is 1. The van der Waals surface area contributed by atoms with Gasteiger partial charge in [0.2, 0.25) is 6.23 Å². The summed E-state index contributed by atoms with van der Waals surface area (Å²) in [5, 5.41) is 14.5. The molecule has 2 aromatic rings. The van der Waals surface area contributed by atoms with E-state index in [9.17, 15) is 14.7 Å². The maximum absolute atomic E-state index is 12.4. The van der Waals surface area contributed by atoms with E-state index in [4.69, 9.17) is 9.57 Å². The fourth-order valence-electron chi connectivity index (χ4n) is 4.36. The predicted molar refractivity (Wildman–Crippen MR) is 112 cm³/mol. The highest BCUT2D eigenvalue weighted by atomic mass is 16.7. The number of nitrogens with one attached hydrogen (secondary N) is 1. The van der Waals surface area contributed by atoms with Crippen LogP contribution < -0.4 is 10.4 Å². The summed E-state index contributed by atoms with van der Waals surface area (Å²) in [7, 11) is 0. The molecule has 1 aromatic carbocycles. The molecule has 0 bridgehead atoms. The summed E-state index contributed by atoms with van der Waals surface area (Å²) >= 11 is 0. The molecule has 0 spiro atoms. The van der Waals surface area contributed by atoms with Crippen molar-refractivity contribution in [2.75, 3.05) is 23.6 Å². The Bertz CT molecular complexity index is 978. The molecule has 1 unspecified atom stereocenters. The lowest BCUT2D eigenvalue weighted by molar-refractivity contribution is -0.152. The molecule has 0 radical (unpaired) electrons. The van der Waals surface area contributed by atoms with Crippen LogP contribution in [0, 0.1) is 13.8 Å². The maximum atomic E-state index is 12.4. The minimum atomic E-state index is -1.56. The van der Waals surface area contributed by atoms with Gasteiger partial charge in [-0.25, -0.2) is 9.86 Å². The number of hydrogen-bond acceptors (Lipinski definition) is 6. The number of nitrogens with zero attached hydrogens (tertiary/aromatic N) is 2. The number of esters is 1. The molecule has 2 N–H and O–H groups in total. The number of rotatable bonds is 5. The number of hydroxylamine groups is 1. The lowest BCUT2D eigenvalue weighted by Crippen LogP contribution is -2.49. The molecule has 0 saturated heterocycles. The number of ether oxygens (including phenoxy) is 1.